The van der Waals surface area contributed by atoms with E-state index in [2.05, 4.69) is 12.1 Å². The van der Waals surface area contributed by atoms with Crippen LogP contribution in [0.3, 0.4) is 0 Å². The van der Waals surface area contributed by atoms with Crippen LogP contribution in [0.15, 0.2) is 30.3 Å². The lowest BCUT2D eigenvalue weighted by atomic mass is 10.2. The summed E-state index contributed by atoms with van der Waals surface area (Å²) in [4.78, 5) is 0. The van der Waals surface area contributed by atoms with Crippen LogP contribution in [0, 0.1) is 0 Å². The Balaban J connectivity index is 2.51. The van der Waals surface area contributed by atoms with Gasteiger partial charge in [-0.25, -0.2) is 0 Å². The molecule has 0 saturated carbocycles. The van der Waals surface area contributed by atoms with Crippen LogP contribution in [0.2, 0.25) is 0 Å². The van der Waals surface area contributed by atoms with Crippen LogP contribution in [-0.4, -0.2) is 18.9 Å². The summed E-state index contributed by atoms with van der Waals surface area (Å²) in [5.41, 5.74) is 1.23. The van der Waals surface area contributed by atoms with Crippen molar-refractivity contribution >= 4 is 7.37 Å². The van der Waals surface area contributed by atoms with E-state index in [1.807, 2.05) is 32.0 Å². The van der Waals surface area contributed by atoms with Gasteiger partial charge in [0.15, 0.2) is 0 Å². The predicted molar refractivity (Wildman–Crippen MR) is 64.8 cm³/mol. The third kappa shape index (κ3) is 4.19. The molecule has 0 heterocycles. The Kier molecular flexibility index (Phi) is 5.07. The summed E-state index contributed by atoms with van der Waals surface area (Å²) in [5, 5.41) is 0. The molecule has 84 valence electrons. The number of hydrogen-bond acceptors (Lipinski definition) is 2. The number of hydrogen-bond donors (Lipinski definition) is 0. The van der Waals surface area contributed by atoms with Crippen molar-refractivity contribution in [2.45, 2.75) is 20.3 Å². The molecule has 0 aliphatic heterocycles. The molecular weight excluding hydrogens is 207 g/mol. The van der Waals surface area contributed by atoms with Gasteiger partial charge in [-0.1, -0.05) is 37.3 Å². The molecule has 1 rings (SSSR count). The van der Waals surface area contributed by atoms with Crippen molar-refractivity contribution in [3.63, 3.8) is 0 Å². The first kappa shape index (κ1) is 12.5. The lowest BCUT2D eigenvalue weighted by Crippen LogP contribution is -2.00. The zero-order valence-electron chi connectivity index (χ0n) is 9.48. The molecule has 0 fully saturated rings. The molecule has 1 unspecified atom stereocenters. The molecule has 1 atom stereocenters. The summed E-state index contributed by atoms with van der Waals surface area (Å²) < 4.78 is 17.5. The van der Waals surface area contributed by atoms with Gasteiger partial charge in [-0.2, -0.15) is 0 Å². The quantitative estimate of drug-likeness (QED) is 0.693. The van der Waals surface area contributed by atoms with Gasteiger partial charge in [0.25, 0.3) is 0 Å². The van der Waals surface area contributed by atoms with Crippen molar-refractivity contribution in [3.8, 4) is 0 Å². The summed E-state index contributed by atoms with van der Waals surface area (Å²) in [6.45, 7) is 4.37. The molecule has 0 bridgehead atoms. The van der Waals surface area contributed by atoms with Crippen molar-refractivity contribution in [2.24, 2.45) is 0 Å². The molecule has 1 aromatic rings. The van der Waals surface area contributed by atoms with Crippen LogP contribution in [0.25, 0.3) is 0 Å². The smallest absolute Gasteiger partial charge is 0.203 e. The molecule has 0 aliphatic carbocycles. The van der Waals surface area contributed by atoms with Crippen LogP contribution in [0.1, 0.15) is 19.4 Å². The predicted octanol–water partition coefficient (Wildman–Crippen LogP) is 3.56. The highest BCUT2D eigenvalue weighted by atomic mass is 31.2. The maximum Gasteiger partial charge on any atom is 0.203 e. The Morgan fingerprint density at radius 1 is 1.20 bits per heavy atom. The van der Waals surface area contributed by atoms with Gasteiger partial charge in [-0.05, 0) is 18.9 Å². The Bertz CT molecular complexity index is 322. The van der Waals surface area contributed by atoms with Crippen LogP contribution in [-0.2, 0) is 15.5 Å². The second-order valence-corrected chi connectivity index (χ2v) is 6.47. The van der Waals surface area contributed by atoms with Crippen molar-refractivity contribution in [2.75, 3.05) is 18.9 Å². The summed E-state index contributed by atoms with van der Waals surface area (Å²) in [7, 11) is -2.37. The minimum absolute atomic E-state index is 0.542. The van der Waals surface area contributed by atoms with E-state index >= 15 is 0 Å². The van der Waals surface area contributed by atoms with E-state index in [9.17, 15) is 4.57 Å². The Hall–Kier alpha value is -0.590. The number of rotatable bonds is 6. The minimum atomic E-state index is -2.37. The van der Waals surface area contributed by atoms with Gasteiger partial charge in [0.1, 0.15) is 0 Å². The minimum Gasteiger partial charge on any atom is -0.329 e. The van der Waals surface area contributed by atoms with E-state index in [-0.39, 0.29) is 0 Å². The lowest BCUT2D eigenvalue weighted by molar-refractivity contribution is 0.333. The SMILES string of the molecule is CCOP(=O)(CC)CCc1ccccc1. The van der Waals surface area contributed by atoms with Gasteiger partial charge < -0.3 is 4.52 Å². The van der Waals surface area contributed by atoms with E-state index in [4.69, 9.17) is 4.52 Å². The molecule has 0 spiro atoms. The van der Waals surface area contributed by atoms with Crippen LogP contribution in [0.4, 0.5) is 0 Å². The largest absolute Gasteiger partial charge is 0.329 e. The van der Waals surface area contributed by atoms with Gasteiger partial charge in [-0.3, -0.25) is 4.57 Å². The first-order valence-electron chi connectivity index (χ1n) is 5.46. The highest BCUT2D eigenvalue weighted by Gasteiger charge is 2.19. The first-order valence-corrected chi connectivity index (χ1v) is 7.46. The van der Waals surface area contributed by atoms with E-state index in [1.165, 1.54) is 5.56 Å². The van der Waals surface area contributed by atoms with E-state index in [1.54, 1.807) is 0 Å². The lowest BCUT2D eigenvalue weighted by Gasteiger charge is -2.15. The van der Waals surface area contributed by atoms with E-state index in [0.29, 0.717) is 18.9 Å². The summed E-state index contributed by atoms with van der Waals surface area (Å²) in [5.74, 6) is 0. The molecule has 0 saturated heterocycles. The zero-order valence-corrected chi connectivity index (χ0v) is 10.4. The zero-order chi connectivity index (χ0) is 11.1. The van der Waals surface area contributed by atoms with Gasteiger partial charge in [0.05, 0.1) is 6.61 Å². The molecule has 1 aromatic carbocycles. The molecule has 2 nitrogen and oxygen atoms in total. The standard InChI is InChI=1S/C12H19O2P/c1-3-14-15(13,4-2)11-10-12-8-6-5-7-9-12/h5-9H,3-4,10-11H2,1-2H3. The molecular formula is C12H19O2P. The summed E-state index contributed by atoms with van der Waals surface area (Å²) in [6.07, 6.45) is 2.13. The Labute approximate surface area is 92.1 Å². The second kappa shape index (κ2) is 6.09. The van der Waals surface area contributed by atoms with Gasteiger partial charge >= 0.3 is 0 Å². The fourth-order valence-corrected chi connectivity index (χ4v) is 3.19. The Morgan fingerprint density at radius 3 is 2.40 bits per heavy atom. The Morgan fingerprint density at radius 2 is 1.87 bits per heavy atom. The van der Waals surface area contributed by atoms with Gasteiger partial charge in [0.2, 0.25) is 7.37 Å². The first-order chi connectivity index (χ1) is 7.20. The maximum atomic E-state index is 12.1. The molecule has 3 heteroatoms. The fourth-order valence-electron chi connectivity index (χ4n) is 1.49. The van der Waals surface area contributed by atoms with Gasteiger partial charge in [0, 0.05) is 12.3 Å². The molecule has 0 aromatic heterocycles. The van der Waals surface area contributed by atoms with Crippen molar-refractivity contribution in [1.29, 1.82) is 0 Å². The van der Waals surface area contributed by atoms with Crippen molar-refractivity contribution in [1.82, 2.24) is 0 Å². The van der Waals surface area contributed by atoms with E-state index in [0.717, 1.165) is 6.42 Å². The summed E-state index contributed by atoms with van der Waals surface area (Å²) in [6, 6.07) is 10.1. The van der Waals surface area contributed by atoms with Crippen molar-refractivity contribution < 1.29 is 9.09 Å². The van der Waals surface area contributed by atoms with Gasteiger partial charge in [-0.15, -0.1) is 0 Å². The number of aryl methyl sites for hydroxylation is 1. The van der Waals surface area contributed by atoms with Crippen LogP contribution >= 0.6 is 7.37 Å². The topological polar surface area (TPSA) is 26.3 Å². The molecule has 0 amide bonds. The average Bonchev–Trinajstić information content (AvgIpc) is 2.28. The maximum absolute atomic E-state index is 12.1. The fraction of sp³-hybridized carbons (Fsp3) is 0.500. The molecule has 0 aliphatic rings. The normalized spacial score (nSPS) is 14.8. The van der Waals surface area contributed by atoms with E-state index < -0.39 is 7.37 Å². The monoisotopic (exact) mass is 226 g/mol. The third-order valence-corrected chi connectivity index (χ3v) is 5.03. The van der Waals surface area contributed by atoms with Crippen LogP contribution in [0.5, 0.6) is 0 Å². The van der Waals surface area contributed by atoms with Crippen LogP contribution < -0.4 is 0 Å². The summed E-state index contributed by atoms with van der Waals surface area (Å²) >= 11 is 0. The number of benzene rings is 1. The molecule has 0 N–H and O–H groups in total. The second-order valence-electron chi connectivity index (χ2n) is 3.51. The highest BCUT2D eigenvalue weighted by Crippen LogP contribution is 2.46. The third-order valence-electron chi connectivity index (χ3n) is 2.43. The molecule has 0 radical (unpaired) electrons. The molecule has 15 heavy (non-hydrogen) atoms. The average molecular weight is 226 g/mol. The van der Waals surface area contributed by atoms with Crippen molar-refractivity contribution in [3.05, 3.63) is 35.9 Å². The highest BCUT2D eigenvalue weighted by molar-refractivity contribution is 7.58.